The Morgan fingerprint density at radius 3 is 2.62 bits per heavy atom. The van der Waals surface area contributed by atoms with Crippen LogP contribution in [0.1, 0.15) is 21.9 Å². The molecule has 0 unspecified atom stereocenters. The molecule has 0 spiro atoms. The van der Waals surface area contributed by atoms with Gasteiger partial charge in [0.05, 0.1) is 11.4 Å². The molecule has 3 rings (SSSR count). The van der Waals surface area contributed by atoms with Crippen molar-refractivity contribution in [3.05, 3.63) is 65.7 Å². The standard InChI is InChI=1S/C15H11N5O/c16-9-12-13(17)14(15(21)11-7-4-8-18-11)19-20(12)10-5-2-1-3-6-10/h1-8,18H,17H2. The van der Waals surface area contributed by atoms with Crippen molar-refractivity contribution >= 4 is 11.5 Å². The average molecular weight is 277 g/mol. The minimum atomic E-state index is -0.344. The summed E-state index contributed by atoms with van der Waals surface area (Å²) in [5.41, 5.74) is 7.27. The number of carbonyl (C=O) groups excluding carboxylic acids is 1. The lowest BCUT2D eigenvalue weighted by molar-refractivity contribution is 0.103. The largest absolute Gasteiger partial charge is 0.394 e. The topological polar surface area (TPSA) is 100 Å². The molecule has 0 aliphatic carbocycles. The van der Waals surface area contributed by atoms with Gasteiger partial charge >= 0.3 is 0 Å². The van der Waals surface area contributed by atoms with Gasteiger partial charge in [0.2, 0.25) is 5.78 Å². The number of carbonyl (C=O) groups is 1. The number of hydrogen-bond donors (Lipinski definition) is 2. The van der Waals surface area contributed by atoms with Crippen molar-refractivity contribution in [2.75, 3.05) is 5.73 Å². The summed E-state index contributed by atoms with van der Waals surface area (Å²) in [7, 11) is 0. The maximum absolute atomic E-state index is 12.3. The number of nitrogens with zero attached hydrogens (tertiary/aromatic N) is 3. The van der Waals surface area contributed by atoms with Gasteiger partial charge in [-0.05, 0) is 24.3 Å². The summed E-state index contributed by atoms with van der Waals surface area (Å²) in [5.74, 6) is -0.344. The normalized spacial score (nSPS) is 10.2. The molecular weight excluding hydrogens is 266 g/mol. The molecule has 0 radical (unpaired) electrons. The summed E-state index contributed by atoms with van der Waals surface area (Å²) in [6, 6.07) is 14.4. The molecule has 0 fully saturated rings. The number of H-pyrrole nitrogens is 1. The number of anilines is 1. The van der Waals surface area contributed by atoms with Crippen LogP contribution in [0.4, 0.5) is 5.69 Å². The molecule has 0 bridgehead atoms. The molecule has 0 aliphatic rings. The third kappa shape index (κ3) is 2.07. The van der Waals surface area contributed by atoms with Gasteiger partial charge in [-0.2, -0.15) is 10.4 Å². The highest BCUT2D eigenvalue weighted by atomic mass is 16.1. The number of nitrogens with one attached hydrogen (secondary N) is 1. The fourth-order valence-electron chi connectivity index (χ4n) is 2.06. The van der Waals surface area contributed by atoms with E-state index >= 15 is 0 Å². The Morgan fingerprint density at radius 1 is 1.24 bits per heavy atom. The highest BCUT2D eigenvalue weighted by Crippen LogP contribution is 2.22. The summed E-state index contributed by atoms with van der Waals surface area (Å²) in [4.78, 5) is 15.2. The van der Waals surface area contributed by atoms with E-state index in [1.54, 1.807) is 30.5 Å². The van der Waals surface area contributed by atoms with E-state index in [1.807, 2.05) is 24.3 Å². The zero-order chi connectivity index (χ0) is 14.8. The predicted octanol–water partition coefficient (Wildman–Crippen LogP) is 1.89. The second-order valence-corrected chi connectivity index (χ2v) is 4.38. The lowest BCUT2D eigenvalue weighted by Gasteiger charge is -2.01. The summed E-state index contributed by atoms with van der Waals surface area (Å²) in [6.07, 6.45) is 1.64. The molecular formula is C15H11N5O. The second-order valence-electron chi connectivity index (χ2n) is 4.38. The Kier molecular flexibility index (Phi) is 3.01. The number of aromatic nitrogens is 3. The van der Waals surface area contributed by atoms with Gasteiger partial charge < -0.3 is 10.7 Å². The van der Waals surface area contributed by atoms with Gasteiger partial charge in [-0.1, -0.05) is 18.2 Å². The molecule has 6 heteroatoms. The van der Waals surface area contributed by atoms with Gasteiger partial charge in [-0.25, -0.2) is 4.68 Å². The van der Waals surface area contributed by atoms with Crippen LogP contribution in [-0.2, 0) is 0 Å². The van der Waals surface area contributed by atoms with Crippen LogP contribution in [0.15, 0.2) is 48.7 Å². The first-order chi connectivity index (χ1) is 10.2. The van der Waals surface area contributed by atoms with E-state index in [-0.39, 0.29) is 22.9 Å². The fraction of sp³-hybridized carbons (Fsp3) is 0. The Morgan fingerprint density at radius 2 is 2.00 bits per heavy atom. The van der Waals surface area contributed by atoms with E-state index in [0.29, 0.717) is 11.4 Å². The van der Waals surface area contributed by atoms with Crippen LogP contribution in [0, 0.1) is 11.3 Å². The molecule has 0 saturated heterocycles. The first-order valence-corrected chi connectivity index (χ1v) is 6.24. The number of nitrogens with two attached hydrogens (primary N) is 1. The molecule has 2 aromatic heterocycles. The fourth-order valence-corrected chi connectivity index (χ4v) is 2.06. The molecule has 1 aromatic carbocycles. The van der Waals surface area contributed by atoms with E-state index in [0.717, 1.165) is 0 Å². The summed E-state index contributed by atoms with van der Waals surface area (Å²) in [5, 5.41) is 13.5. The van der Waals surface area contributed by atoms with Gasteiger partial charge in [-0.3, -0.25) is 4.79 Å². The molecule has 21 heavy (non-hydrogen) atoms. The van der Waals surface area contributed by atoms with Gasteiger partial charge in [0, 0.05) is 6.20 Å². The molecule has 3 aromatic rings. The highest BCUT2D eigenvalue weighted by molar-refractivity contribution is 6.10. The number of hydrogen-bond acceptors (Lipinski definition) is 4. The van der Waals surface area contributed by atoms with Crippen LogP contribution < -0.4 is 5.73 Å². The number of nitriles is 1. The number of para-hydroxylation sites is 1. The quantitative estimate of drug-likeness (QED) is 0.714. The Hall–Kier alpha value is -3.33. The van der Waals surface area contributed by atoms with E-state index in [9.17, 15) is 10.1 Å². The minimum Gasteiger partial charge on any atom is -0.394 e. The van der Waals surface area contributed by atoms with Crippen molar-refractivity contribution in [3.8, 4) is 11.8 Å². The summed E-state index contributed by atoms with van der Waals surface area (Å²) < 4.78 is 1.38. The molecule has 6 nitrogen and oxygen atoms in total. The Bertz CT molecular complexity index is 825. The van der Waals surface area contributed by atoms with Crippen LogP contribution in [0.3, 0.4) is 0 Å². The molecule has 0 saturated carbocycles. The molecule has 0 amide bonds. The maximum atomic E-state index is 12.3. The van der Waals surface area contributed by atoms with Crippen molar-refractivity contribution < 1.29 is 4.79 Å². The Labute approximate surface area is 120 Å². The van der Waals surface area contributed by atoms with Gasteiger partial charge in [0.1, 0.15) is 11.8 Å². The minimum absolute atomic E-state index is 0.0675. The highest BCUT2D eigenvalue weighted by Gasteiger charge is 2.23. The van der Waals surface area contributed by atoms with Crippen LogP contribution in [0.2, 0.25) is 0 Å². The Balaban J connectivity index is 2.15. The number of ketones is 1. The summed E-state index contributed by atoms with van der Waals surface area (Å²) in [6.45, 7) is 0. The average Bonchev–Trinajstić information content (AvgIpc) is 3.15. The van der Waals surface area contributed by atoms with Crippen molar-refractivity contribution in [1.82, 2.24) is 14.8 Å². The smallest absolute Gasteiger partial charge is 0.231 e. The third-order valence-corrected chi connectivity index (χ3v) is 3.09. The van der Waals surface area contributed by atoms with Crippen molar-refractivity contribution in [1.29, 1.82) is 5.26 Å². The number of rotatable bonds is 3. The van der Waals surface area contributed by atoms with E-state index < -0.39 is 0 Å². The van der Waals surface area contributed by atoms with Crippen LogP contribution in [0.25, 0.3) is 5.69 Å². The molecule has 3 N–H and O–H groups in total. The zero-order valence-electron chi connectivity index (χ0n) is 10.9. The molecule has 0 aliphatic heterocycles. The van der Waals surface area contributed by atoms with Gasteiger partial charge in [-0.15, -0.1) is 0 Å². The first kappa shape index (κ1) is 12.7. The van der Waals surface area contributed by atoms with Gasteiger partial charge in [0.25, 0.3) is 0 Å². The van der Waals surface area contributed by atoms with Crippen LogP contribution in [-0.4, -0.2) is 20.5 Å². The molecule has 0 atom stereocenters. The predicted molar refractivity (Wildman–Crippen MR) is 76.9 cm³/mol. The van der Waals surface area contributed by atoms with Gasteiger partial charge in [0.15, 0.2) is 11.4 Å². The molecule has 2 heterocycles. The monoisotopic (exact) mass is 277 g/mol. The van der Waals surface area contributed by atoms with Crippen LogP contribution in [0.5, 0.6) is 0 Å². The van der Waals surface area contributed by atoms with E-state index in [1.165, 1.54) is 4.68 Å². The van der Waals surface area contributed by atoms with Crippen molar-refractivity contribution in [2.24, 2.45) is 0 Å². The van der Waals surface area contributed by atoms with E-state index in [2.05, 4.69) is 10.1 Å². The SMILES string of the molecule is N#Cc1c(N)c(C(=O)c2ccc[nH]2)nn1-c1ccccc1. The molecule has 102 valence electrons. The second kappa shape index (κ2) is 4.98. The zero-order valence-corrected chi connectivity index (χ0v) is 10.9. The lowest BCUT2D eigenvalue weighted by atomic mass is 10.2. The van der Waals surface area contributed by atoms with Crippen molar-refractivity contribution in [3.63, 3.8) is 0 Å². The number of aromatic amines is 1. The van der Waals surface area contributed by atoms with E-state index in [4.69, 9.17) is 5.73 Å². The third-order valence-electron chi connectivity index (χ3n) is 3.09. The maximum Gasteiger partial charge on any atom is 0.231 e. The first-order valence-electron chi connectivity index (χ1n) is 6.24. The van der Waals surface area contributed by atoms with Crippen molar-refractivity contribution in [2.45, 2.75) is 0 Å². The van der Waals surface area contributed by atoms with Crippen LogP contribution >= 0.6 is 0 Å². The number of nitrogen functional groups attached to an aromatic ring is 1. The summed E-state index contributed by atoms with van der Waals surface area (Å²) >= 11 is 0. The lowest BCUT2D eigenvalue weighted by Crippen LogP contribution is -2.06. The number of benzene rings is 1.